The first-order valence-electron chi connectivity index (χ1n) is 6.98. The minimum Gasteiger partial charge on any atom is -0.496 e. The van der Waals surface area contributed by atoms with Crippen molar-refractivity contribution in [2.45, 2.75) is 6.92 Å². The van der Waals surface area contributed by atoms with Crippen LogP contribution in [0.5, 0.6) is 5.75 Å². The topological polar surface area (TPSA) is 62.1 Å². The Kier molecular flexibility index (Phi) is 5.86. The van der Waals surface area contributed by atoms with Crippen molar-refractivity contribution in [1.82, 2.24) is 0 Å². The van der Waals surface area contributed by atoms with Crippen LogP contribution in [0.4, 0.5) is 5.69 Å². The monoisotopic (exact) mass is 360 g/mol. The van der Waals surface area contributed by atoms with E-state index in [0.717, 1.165) is 5.56 Å². The van der Waals surface area contributed by atoms with Gasteiger partial charge in [-0.05, 0) is 48.9 Å². The number of carbonyl (C=O) groups excluding carboxylic acids is 1. The van der Waals surface area contributed by atoms with E-state index in [0.29, 0.717) is 27.0 Å². The molecule has 1 N–H and O–H groups in total. The second-order valence-electron chi connectivity index (χ2n) is 4.92. The number of carbonyl (C=O) groups is 1. The summed E-state index contributed by atoms with van der Waals surface area (Å²) in [5.74, 6) is -0.0243. The molecule has 1 amide bonds. The van der Waals surface area contributed by atoms with E-state index in [1.165, 1.54) is 13.2 Å². The van der Waals surface area contributed by atoms with Crippen LogP contribution in [0.1, 0.15) is 11.1 Å². The summed E-state index contributed by atoms with van der Waals surface area (Å²) in [6.07, 6.45) is 1.43. The zero-order chi connectivity index (χ0) is 17.7. The van der Waals surface area contributed by atoms with Gasteiger partial charge in [-0.2, -0.15) is 5.26 Å². The maximum atomic E-state index is 12.4. The number of nitrogens with one attached hydrogen (secondary N) is 1. The largest absolute Gasteiger partial charge is 0.496 e. The number of hydrogen-bond acceptors (Lipinski definition) is 3. The minimum absolute atomic E-state index is 0.0741. The van der Waals surface area contributed by atoms with Crippen molar-refractivity contribution in [3.05, 3.63) is 63.1 Å². The lowest BCUT2D eigenvalue weighted by Gasteiger charge is -2.09. The highest BCUT2D eigenvalue weighted by atomic mass is 35.5. The summed E-state index contributed by atoms with van der Waals surface area (Å²) in [5.41, 5.74) is 1.74. The van der Waals surface area contributed by atoms with Crippen LogP contribution in [0.15, 0.2) is 42.0 Å². The molecule has 0 heterocycles. The molecule has 0 bridgehead atoms. The molecule has 0 spiro atoms. The Hall–Kier alpha value is -2.48. The standard InChI is InChI=1S/C18H14Cl2N2O2/c1-11-15(20)4-3-5-16(11)22-18(23)13(10-21)8-12-9-14(19)6-7-17(12)24-2/h3-9H,1-2H3,(H,22,23)/b13-8+. The highest BCUT2D eigenvalue weighted by molar-refractivity contribution is 6.32. The number of anilines is 1. The summed E-state index contributed by atoms with van der Waals surface area (Å²) in [5, 5.41) is 13.0. The Labute approximate surface area is 150 Å². The normalized spacial score (nSPS) is 10.9. The van der Waals surface area contributed by atoms with Gasteiger partial charge in [0.1, 0.15) is 17.4 Å². The zero-order valence-electron chi connectivity index (χ0n) is 13.1. The number of hydrogen-bond donors (Lipinski definition) is 1. The maximum absolute atomic E-state index is 12.4. The Morgan fingerprint density at radius 1 is 1.29 bits per heavy atom. The first kappa shape index (κ1) is 17.9. The van der Waals surface area contributed by atoms with E-state index in [1.54, 1.807) is 43.3 Å². The van der Waals surface area contributed by atoms with E-state index >= 15 is 0 Å². The Balaban J connectivity index is 2.35. The Morgan fingerprint density at radius 3 is 2.71 bits per heavy atom. The molecule has 0 unspecified atom stereocenters. The number of benzene rings is 2. The molecular formula is C18H14Cl2N2O2. The summed E-state index contributed by atoms with van der Waals surface area (Å²) >= 11 is 12.0. The van der Waals surface area contributed by atoms with Crippen LogP contribution in [0.2, 0.25) is 10.0 Å². The molecule has 0 aromatic heterocycles. The van der Waals surface area contributed by atoms with Gasteiger partial charge in [0.25, 0.3) is 5.91 Å². The van der Waals surface area contributed by atoms with Crippen LogP contribution in [-0.2, 0) is 4.79 Å². The summed E-state index contributed by atoms with van der Waals surface area (Å²) in [4.78, 5) is 12.4. The molecule has 122 valence electrons. The lowest BCUT2D eigenvalue weighted by Crippen LogP contribution is -2.14. The van der Waals surface area contributed by atoms with Crippen LogP contribution >= 0.6 is 23.2 Å². The fourth-order valence-corrected chi connectivity index (χ4v) is 2.41. The molecule has 0 atom stereocenters. The van der Waals surface area contributed by atoms with Crippen molar-refractivity contribution in [1.29, 1.82) is 5.26 Å². The van der Waals surface area contributed by atoms with Gasteiger partial charge in [0.05, 0.1) is 7.11 Å². The van der Waals surface area contributed by atoms with E-state index in [-0.39, 0.29) is 5.57 Å². The van der Waals surface area contributed by atoms with Gasteiger partial charge in [-0.1, -0.05) is 29.3 Å². The second-order valence-corrected chi connectivity index (χ2v) is 5.77. The van der Waals surface area contributed by atoms with Crippen LogP contribution in [0, 0.1) is 18.3 Å². The Morgan fingerprint density at radius 2 is 2.04 bits per heavy atom. The molecule has 2 rings (SSSR count). The lowest BCUT2D eigenvalue weighted by atomic mass is 10.1. The fraction of sp³-hybridized carbons (Fsp3) is 0.111. The molecule has 4 nitrogen and oxygen atoms in total. The smallest absolute Gasteiger partial charge is 0.266 e. The van der Waals surface area contributed by atoms with Gasteiger partial charge < -0.3 is 10.1 Å². The second kappa shape index (κ2) is 7.87. The van der Waals surface area contributed by atoms with Crippen molar-refractivity contribution in [2.24, 2.45) is 0 Å². The van der Waals surface area contributed by atoms with Gasteiger partial charge in [-0.3, -0.25) is 4.79 Å². The van der Waals surface area contributed by atoms with E-state index in [1.807, 2.05) is 6.07 Å². The Bertz CT molecular complexity index is 855. The molecule has 0 saturated heterocycles. The van der Waals surface area contributed by atoms with E-state index in [2.05, 4.69) is 5.32 Å². The number of nitriles is 1. The number of ether oxygens (including phenoxy) is 1. The van der Waals surface area contributed by atoms with Crippen LogP contribution < -0.4 is 10.1 Å². The average Bonchev–Trinajstić information content (AvgIpc) is 2.56. The highest BCUT2D eigenvalue weighted by Gasteiger charge is 2.13. The van der Waals surface area contributed by atoms with Gasteiger partial charge >= 0.3 is 0 Å². The third kappa shape index (κ3) is 4.08. The molecule has 2 aromatic rings. The summed E-state index contributed by atoms with van der Waals surface area (Å²) < 4.78 is 5.22. The van der Waals surface area contributed by atoms with Crippen molar-refractivity contribution in [3.8, 4) is 11.8 Å². The fourth-order valence-electron chi connectivity index (χ4n) is 2.05. The molecule has 0 aliphatic heterocycles. The lowest BCUT2D eigenvalue weighted by molar-refractivity contribution is -0.112. The number of halogens is 2. The third-order valence-electron chi connectivity index (χ3n) is 3.37. The van der Waals surface area contributed by atoms with Gasteiger partial charge in [0.15, 0.2) is 0 Å². The number of methoxy groups -OCH3 is 1. The molecule has 24 heavy (non-hydrogen) atoms. The van der Waals surface area contributed by atoms with Crippen molar-refractivity contribution in [2.75, 3.05) is 12.4 Å². The highest BCUT2D eigenvalue weighted by Crippen LogP contribution is 2.26. The van der Waals surface area contributed by atoms with Gasteiger partial charge in [0.2, 0.25) is 0 Å². The third-order valence-corrected chi connectivity index (χ3v) is 4.02. The van der Waals surface area contributed by atoms with Crippen molar-refractivity contribution >= 4 is 40.9 Å². The molecule has 0 fully saturated rings. The number of rotatable bonds is 4. The van der Waals surface area contributed by atoms with Crippen molar-refractivity contribution in [3.63, 3.8) is 0 Å². The van der Waals surface area contributed by atoms with E-state index in [4.69, 9.17) is 27.9 Å². The number of amides is 1. The van der Waals surface area contributed by atoms with Crippen LogP contribution in [-0.4, -0.2) is 13.0 Å². The van der Waals surface area contributed by atoms with Gasteiger partial charge in [-0.25, -0.2) is 0 Å². The summed E-state index contributed by atoms with van der Waals surface area (Å²) in [6, 6.07) is 12.0. The van der Waals surface area contributed by atoms with Crippen LogP contribution in [0.25, 0.3) is 6.08 Å². The first-order valence-corrected chi connectivity index (χ1v) is 7.73. The van der Waals surface area contributed by atoms with Gasteiger partial charge in [-0.15, -0.1) is 0 Å². The summed E-state index contributed by atoms with van der Waals surface area (Å²) in [7, 11) is 1.50. The molecule has 2 aromatic carbocycles. The van der Waals surface area contributed by atoms with E-state index < -0.39 is 5.91 Å². The quantitative estimate of drug-likeness (QED) is 0.625. The van der Waals surface area contributed by atoms with Gasteiger partial charge in [0, 0.05) is 21.3 Å². The molecule has 0 saturated carbocycles. The SMILES string of the molecule is COc1ccc(Cl)cc1/C=C(\C#N)C(=O)Nc1cccc(Cl)c1C. The average molecular weight is 361 g/mol. The predicted molar refractivity (Wildman–Crippen MR) is 96.4 cm³/mol. The van der Waals surface area contributed by atoms with Crippen molar-refractivity contribution < 1.29 is 9.53 Å². The molecule has 0 aliphatic rings. The minimum atomic E-state index is -0.537. The number of nitrogens with zero attached hydrogens (tertiary/aromatic N) is 1. The molecule has 6 heteroatoms. The summed E-state index contributed by atoms with van der Waals surface area (Å²) in [6.45, 7) is 1.79. The zero-order valence-corrected chi connectivity index (χ0v) is 14.6. The maximum Gasteiger partial charge on any atom is 0.266 e. The predicted octanol–water partition coefficient (Wildman–Crippen LogP) is 4.86. The molecule has 0 radical (unpaired) electrons. The first-order chi connectivity index (χ1) is 11.5. The molecule has 0 aliphatic carbocycles. The van der Waals surface area contributed by atoms with E-state index in [9.17, 15) is 10.1 Å². The van der Waals surface area contributed by atoms with Crippen LogP contribution in [0.3, 0.4) is 0 Å². The molecular weight excluding hydrogens is 347 g/mol.